The maximum Gasteiger partial charge on any atom is 0.332 e. The van der Waals surface area contributed by atoms with Crippen molar-refractivity contribution < 1.29 is 9.13 Å². The number of hydrogen-bond donors (Lipinski definition) is 1. The van der Waals surface area contributed by atoms with Crippen molar-refractivity contribution in [3.63, 3.8) is 0 Å². The molecule has 0 saturated carbocycles. The predicted molar refractivity (Wildman–Crippen MR) is 116 cm³/mol. The molecule has 33 heavy (non-hydrogen) atoms. The highest BCUT2D eigenvalue weighted by atomic mass is 19.1. The van der Waals surface area contributed by atoms with Crippen LogP contribution in [-0.2, 0) is 20.5 Å². The summed E-state index contributed by atoms with van der Waals surface area (Å²) >= 11 is 0. The molecule has 4 heterocycles. The van der Waals surface area contributed by atoms with Gasteiger partial charge in [0, 0.05) is 32.3 Å². The van der Waals surface area contributed by atoms with E-state index in [1.54, 1.807) is 27.2 Å². The minimum atomic E-state index is -0.717. The molecule has 0 spiro atoms. The average molecular weight is 446 g/mol. The van der Waals surface area contributed by atoms with E-state index in [-0.39, 0.29) is 29.5 Å². The molecular weight excluding hydrogens is 427 g/mol. The molecule has 5 rings (SSSR count). The molecular formula is C22H19FN8O2. The Labute approximate surface area is 187 Å². The second-order valence-corrected chi connectivity index (χ2v) is 7.84. The van der Waals surface area contributed by atoms with Crippen molar-refractivity contribution in [2.24, 2.45) is 14.1 Å². The first-order valence-electron chi connectivity index (χ1n) is 10.1. The predicted octanol–water partition coefficient (Wildman–Crippen LogP) is 2.00. The van der Waals surface area contributed by atoms with Crippen LogP contribution in [0.2, 0.25) is 0 Å². The van der Waals surface area contributed by atoms with Crippen LogP contribution >= 0.6 is 0 Å². The van der Waals surface area contributed by atoms with Crippen LogP contribution in [0.15, 0.2) is 35.4 Å². The van der Waals surface area contributed by atoms with Gasteiger partial charge in [0.2, 0.25) is 0 Å². The zero-order valence-corrected chi connectivity index (χ0v) is 18.1. The monoisotopic (exact) mass is 446 g/mol. The second-order valence-electron chi connectivity index (χ2n) is 7.84. The molecule has 11 heteroatoms. The molecule has 1 aromatic carbocycles. The SMILES string of the molecule is C[C@H]1Oc2nc(cnc2N)-c2c(nn(C)c2C#N)Cc2cn(C)c(=O)n2-c2ccc(F)cc21. The quantitative estimate of drug-likeness (QED) is 0.437. The van der Waals surface area contributed by atoms with Crippen LogP contribution in [0.5, 0.6) is 5.88 Å². The summed E-state index contributed by atoms with van der Waals surface area (Å²) in [5, 5.41) is 14.3. The van der Waals surface area contributed by atoms with Gasteiger partial charge in [0.1, 0.15) is 23.7 Å². The molecule has 3 aromatic heterocycles. The van der Waals surface area contributed by atoms with Crippen molar-refractivity contribution >= 4 is 5.82 Å². The maximum atomic E-state index is 14.2. The molecule has 166 valence electrons. The number of aryl methyl sites for hydroxylation is 2. The fraction of sp³-hybridized carbons (Fsp3) is 0.227. The van der Waals surface area contributed by atoms with Crippen molar-refractivity contribution in [3.8, 4) is 28.9 Å². The number of halogens is 1. The molecule has 0 saturated heterocycles. The lowest BCUT2D eigenvalue weighted by Gasteiger charge is -2.20. The van der Waals surface area contributed by atoms with Gasteiger partial charge in [-0.1, -0.05) is 0 Å². The molecule has 0 aliphatic carbocycles. The lowest BCUT2D eigenvalue weighted by atomic mass is 10.0. The second kappa shape index (κ2) is 7.30. The Morgan fingerprint density at radius 3 is 2.88 bits per heavy atom. The van der Waals surface area contributed by atoms with Crippen LogP contribution in [0.1, 0.15) is 35.7 Å². The highest BCUT2D eigenvalue weighted by Gasteiger charge is 2.26. The Bertz CT molecular complexity index is 1520. The average Bonchev–Trinajstić information content (AvgIpc) is 3.24. The fourth-order valence-corrected chi connectivity index (χ4v) is 4.15. The number of hydrogen-bond acceptors (Lipinski definition) is 7. The fourth-order valence-electron chi connectivity index (χ4n) is 4.15. The third-order valence-electron chi connectivity index (χ3n) is 5.68. The van der Waals surface area contributed by atoms with Crippen molar-refractivity contribution in [2.75, 3.05) is 5.73 Å². The Kier molecular flexibility index (Phi) is 4.52. The van der Waals surface area contributed by atoms with E-state index in [0.29, 0.717) is 33.9 Å². The van der Waals surface area contributed by atoms with E-state index in [1.807, 2.05) is 0 Å². The third kappa shape index (κ3) is 3.15. The maximum absolute atomic E-state index is 14.2. The first kappa shape index (κ1) is 20.4. The zero-order valence-electron chi connectivity index (χ0n) is 18.1. The molecule has 0 amide bonds. The summed E-state index contributed by atoms with van der Waals surface area (Å²) in [4.78, 5) is 21.8. The number of nitrogen functional groups attached to an aromatic ring is 1. The molecule has 1 atom stereocenters. The summed E-state index contributed by atoms with van der Waals surface area (Å²) in [6, 6.07) is 6.30. The van der Waals surface area contributed by atoms with Crippen LogP contribution in [0.25, 0.3) is 16.9 Å². The topological polar surface area (TPSA) is 130 Å². The van der Waals surface area contributed by atoms with Crippen LogP contribution in [-0.4, -0.2) is 28.9 Å². The number of imidazole rings is 1. The van der Waals surface area contributed by atoms with Gasteiger partial charge in [-0.3, -0.25) is 9.25 Å². The van der Waals surface area contributed by atoms with Gasteiger partial charge in [-0.15, -0.1) is 0 Å². The van der Waals surface area contributed by atoms with E-state index >= 15 is 0 Å². The minimum absolute atomic E-state index is 0.0371. The van der Waals surface area contributed by atoms with E-state index < -0.39 is 11.9 Å². The van der Waals surface area contributed by atoms with Gasteiger partial charge >= 0.3 is 5.69 Å². The van der Waals surface area contributed by atoms with Gasteiger partial charge in [-0.2, -0.15) is 10.4 Å². The zero-order chi connectivity index (χ0) is 23.4. The molecule has 1 aliphatic rings. The number of benzene rings is 1. The largest absolute Gasteiger partial charge is 0.467 e. The Balaban J connectivity index is 1.88. The number of rotatable bonds is 0. The molecule has 10 nitrogen and oxygen atoms in total. The van der Waals surface area contributed by atoms with Crippen LogP contribution < -0.4 is 16.2 Å². The number of nitrogens with two attached hydrogens (primary N) is 1. The molecule has 0 fully saturated rings. The van der Waals surface area contributed by atoms with Crippen LogP contribution in [0.3, 0.4) is 0 Å². The molecule has 2 bridgehead atoms. The smallest absolute Gasteiger partial charge is 0.332 e. The van der Waals surface area contributed by atoms with Gasteiger partial charge in [0.25, 0.3) is 5.88 Å². The molecule has 2 N–H and O–H groups in total. The third-order valence-corrected chi connectivity index (χ3v) is 5.68. The van der Waals surface area contributed by atoms with Crippen LogP contribution in [0, 0.1) is 17.1 Å². The summed E-state index contributed by atoms with van der Waals surface area (Å²) < 4.78 is 24.6. The number of aromatic nitrogens is 6. The normalized spacial score (nSPS) is 14.7. The number of fused-ring (bicyclic) bond motifs is 7. The summed E-state index contributed by atoms with van der Waals surface area (Å²) in [6.07, 6.45) is 2.64. The van der Waals surface area contributed by atoms with E-state index in [2.05, 4.69) is 21.1 Å². The highest BCUT2D eigenvalue weighted by molar-refractivity contribution is 5.70. The first-order valence-corrected chi connectivity index (χ1v) is 10.1. The van der Waals surface area contributed by atoms with Crippen molar-refractivity contribution in [1.29, 1.82) is 5.26 Å². The van der Waals surface area contributed by atoms with Crippen molar-refractivity contribution in [2.45, 2.75) is 19.4 Å². The molecule has 0 radical (unpaired) electrons. The Morgan fingerprint density at radius 1 is 1.33 bits per heavy atom. The van der Waals surface area contributed by atoms with E-state index in [1.165, 1.54) is 38.2 Å². The number of nitriles is 1. The number of nitrogens with zero attached hydrogens (tertiary/aromatic N) is 7. The van der Waals surface area contributed by atoms with E-state index in [4.69, 9.17) is 10.5 Å². The first-order chi connectivity index (χ1) is 15.8. The molecule has 4 aromatic rings. The number of ether oxygens (including phenoxy) is 1. The van der Waals surface area contributed by atoms with E-state index in [9.17, 15) is 14.4 Å². The summed E-state index contributed by atoms with van der Waals surface area (Å²) in [6.45, 7) is 1.71. The van der Waals surface area contributed by atoms with Crippen molar-refractivity contribution in [3.05, 3.63) is 69.5 Å². The Morgan fingerprint density at radius 2 is 2.12 bits per heavy atom. The van der Waals surface area contributed by atoms with Gasteiger partial charge in [-0.05, 0) is 25.1 Å². The lowest BCUT2D eigenvalue weighted by molar-refractivity contribution is 0.217. The van der Waals surface area contributed by atoms with Gasteiger partial charge < -0.3 is 15.0 Å². The number of anilines is 1. The van der Waals surface area contributed by atoms with Gasteiger partial charge in [-0.25, -0.2) is 19.2 Å². The van der Waals surface area contributed by atoms with Gasteiger partial charge in [0.05, 0.1) is 34.5 Å². The lowest BCUT2D eigenvalue weighted by Crippen LogP contribution is -2.24. The van der Waals surface area contributed by atoms with Crippen LogP contribution in [0.4, 0.5) is 10.2 Å². The minimum Gasteiger partial charge on any atom is -0.467 e. The summed E-state index contributed by atoms with van der Waals surface area (Å²) in [7, 11) is 3.29. The Hall–Kier alpha value is -4.46. The highest BCUT2D eigenvalue weighted by Crippen LogP contribution is 2.34. The van der Waals surface area contributed by atoms with Crippen molar-refractivity contribution in [1.82, 2.24) is 28.9 Å². The van der Waals surface area contributed by atoms with E-state index in [0.717, 1.165) is 0 Å². The molecule has 1 aliphatic heterocycles. The summed E-state index contributed by atoms with van der Waals surface area (Å²) in [5.74, 6) is -0.391. The standard InChI is InChI=1S/C22H19FN8O2/c1-11-14-6-12(23)4-5-17(14)31-13(10-29(2)22(31)32)7-15-19(18(8-24)30(3)28-15)16-9-26-20(25)21(27-16)33-11/h4-6,9-11H,7H2,1-3H3,(H2,25,26)/t11-/m1/s1. The summed E-state index contributed by atoms with van der Waals surface area (Å²) in [5.41, 5.74) is 8.86. The van der Waals surface area contributed by atoms with Gasteiger partial charge in [0.15, 0.2) is 5.82 Å². The molecule has 0 unspecified atom stereocenters.